The molecule has 0 radical (unpaired) electrons. The lowest BCUT2D eigenvalue weighted by Crippen LogP contribution is -2.54. The Morgan fingerprint density at radius 1 is 1.27 bits per heavy atom. The zero-order valence-corrected chi connectivity index (χ0v) is 14.9. The maximum absolute atomic E-state index is 13.9. The number of carbonyl (C=O) groups is 1. The van der Waals surface area contributed by atoms with Gasteiger partial charge in [0.15, 0.2) is 0 Å². The SMILES string of the molecule is NCC(F)(F)C(O)C(CC1CCCCC1)NC(=O)OCc1ccccc1. The highest BCUT2D eigenvalue weighted by Gasteiger charge is 2.43. The van der Waals surface area contributed by atoms with Crippen LogP contribution < -0.4 is 11.1 Å². The molecule has 26 heavy (non-hydrogen) atoms. The Labute approximate surface area is 152 Å². The van der Waals surface area contributed by atoms with E-state index in [1.165, 1.54) is 0 Å². The van der Waals surface area contributed by atoms with Crippen LogP contribution >= 0.6 is 0 Å². The molecule has 1 aliphatic rings. The van der Waals surface area contributed by atoms with Gasteiger partial charge in [0.25, 0.3) is 5.92 Å². The molecule has 1 aromatic rings. The van der Waals surface area contributed by atoms with Crippen molar-refractivity contribution in [2.45, 2.75) is 63.2 Å². The maximum atomic E-state index is 13.9. The predicted octanol–water partition coefficient (Wildman–Crippen LogP) is 3.21. The van der Waals surface area contributed by atoms with Crippen LogP contribution in [0.1, 0.15) is 44.1 Å². The van der Waals surface area contributed by atoms with Gasteiger partial charge in [0.05, 0.1) is 12.6 Å². The van der Waals surface area contributed by atoms with E-state index in [2.05, 4.69) is 5.32 Å². The van der Waals surface area contributed by atoms with E-state index in [-0.39, 0.29) is 18.9 Å². The third-order valence-corrected chi connectivity index (χ3v) is 4.91. The van der Waals surface area contributed by atoms with Crippen LogP contribution in [0.4, 0.5) is 13.6 Å². The van der Waals surface area contributed by atoms with E-state index in [1.54, 1.807) is 12.1 Å². The number of ether oxygens (including phenoxy) is 1. The van der Waals surface area contributed by atoms with Crippen LogP contribution in [0.2, 0.25) is 0 Å². The molecule has 146 valence electrons. The number of rotatable bonds is 8. The monoisotopic (exact) mass is 370 g/mol. The highest BCUT2D eigenvalue weighted by molar-refractivity contribution is 5.67. The Balaban J connectivity index is 1.96. The summed E-state index contributed by atoms with van der Waals surface area (Å²) in [6.07, 6.45) is 2.47. The van der Waals surface area contributed by atoms with Gasteiger partial charge in [-0.3, -0.25) is 0 Å². The third kappa shape index (κ3) is 6.21. The quantitative estimate of drug-likeness (QED) is 0.656. The molecule has 5 nitrogen and oxygen atoms in total. The van der Waals surface area contributed by atoms with Gasteiger partial charge in [0.1, 0.15) is 12.7 Å². The van der Waals surface area contributed by atoms with Crippen LogP contribution in [0.5, 0.6) is 0 Å². The van der Waals surface area contributed by atoms with Gasteiger partial charge in [-0.15, -0.1) is 0 Å². The number of aliphatic hydroxyl groups excluding tert-OH is 1. The summed E-state index contributed by atoms with van der Waals surface area (Å²) in [6.45, 7) is -0.942. The van der Waals surface area contributed by atoms with Crippen LogP contribution in [0.15, 0.2) is 30.3 Å². The second kappa shape index (κ2) is 9.83. The van der Waals surface area contributed by atoms with E-state index in [9.17, 15) is 18.7 Å². The average molecular weight is 370 g/mol. The number of hydrogen-bond donors (Lipinski definition) is 3. The Morgan fingerprint density at radius 2 is 1.92 bits per heavy atom. The number of hydrogen-bond acceptors (Lipinski definition) is 4. The fraction of sp³-hybridized carbons (Fsp3) is 0.632. The largest absolute Gasteiger partial charge is 0.445 e. The van der Waals surface area contributed by atoms with Gasteiger partial charge in [-0.2, -0.15) is 0 Å². The summed E-state index contributed by atoms with van der Waals surface area (Å²) in [6, 6.07) is 7.96. The van der Waals surface area contributed by atoms with Crippen molar-refractivity contribution >= 4 is 6.09 Å². The highest BCUT2D eigenvalue weighted by Crippen LogP contribution is 2.30. The van der Waals surface area contributed by atoms with E-state index in [4.69, 9.17) is 10.5 Å². The number of benzene rings is 1. The number of alkyl halides is 2. The molecule has 1 fully saturated rings. The molecule has 0 aromatic heterocycles. The van der Waals surface area contributed by atoms with Crippen LogP contribution in [-0.4, -0.2) is 35.8 Å². The summed E-state index contributed by atoms with van der Waals surface area (Å²) in [5.74, 6) is -3.27. The van der Waals surface area contributed by atoms with Crippen molar-refractivity contribution < 1.29 is 23.4 Å². The number of nitrogens with one attached hydrogen (secondary N) is 1. The first-order valence-electron chi connectivity index (χ1n) is 9.15. The second-order valence-corrected chi connectivity index (χ2v) is 6.96. The van der Waals surface area contributed by atoms with Gasteiger partial charge in [-0.05, 0) is 17.9 Å². The van der Waals surface area contributed by atoms with Crippen LogP contribution in [0.25, 0.3) is 0 Å². The summed E-state index contributed by atoms with van der Waals surface area (Å²) in [7, 11) is 0. The van der Waals surface area contributed by atoms with Crippen molar-refractivity contribution in [1.82, 2.24) is 5.32 Å². The zero-order chi connectivity index (χ0) is 19.0. The van der Waals surface area contributed by atoms with E-state index in [0.717, 1.165) is 37.7 Å². The molecule has 0 spiro atoms. The first-order chi connectivity index (χ1) is 12.4. The number of nitrogens with two attached hydrogens (primary N) is 1. The summed E-state index contributed by atoms with van der Waals surface area (Å²) >= 11 is 0. The fourth-order valence-electron chi connectivity index (χ4n) is 3.38. The van der Waals surface area contributed by atoms with Crippen molar-refractivity contribution in [3.05, 3.63) is 35.9 Å². The highest BCUT2D eigenvalue weighted by atomic mass is 19.3. The summed E-state index contributed by atoms with van der Waals surface area (Å²) in [5.41, 5.74) is 5.88. The smallest absolute Gasteiger partial charge is 0.407 e. The molecule has 1 aromatic carbocycles. The second-order valence-electron chi connectivity index (χ2n) is 6.96. The summed E-state index contributed by atoms with van der Waals surface area (Å²) < 4.78 is 32.9. The van der Waals surface area contributed by atoms with Gasteiger partial charge in [-0.1, -0.05) is 62.4 Å². The normalized spacial score (nSPS) is 18.2. The molecule has 4 N–H and O–H groups in total. The molecule has 1 amide bonds. The lowest BCUT2D eigenvalue weighted by atomic mass is 9.83. The minimum atomic E-state index is -3.47. The molecular formula is C19H28F2N2O3. The topological polar surface area (TPSA) is 84.6 Å². The number of amides is 1. The van der Waals surface area contributed by atoms with Crippen LogP contribution in [0.3, 0.4) is 0 Å². The third-order valence-electron chi connectivity index (χ3n) is 4.91. The van der Waals surface area contributed by atoms with Crippen molar-refractivity contribution in [2.75, 3.05) is 6.54 Å². The first-order valence-corrected chi connectivity index (χ1v) is 9.15. The Morgan fingerprint density at radius 3 is 2.54 bits per heavy atom. The molecule has 1 saturated carbocycles. The van der Waals surface area contributed by atoms with E-state index in [1.807, 2.05) is 18.2 Å². The Hall–Kier alpha value is -1.73. The van der Waals surface area contributed by atoms with Crippen molar-refractivity contribution in [2.24, 2.45) is 11.7 Å². The van der Waals surface area contributed by atoms with Crippen molar-refractivity contribution in [3.63, 3.8) is 0 Å². The first kappa shape index (κ1) is 20.6. The average Bonchev–Trinajstić information content (AvgIpc) is 2.67. The molecule has 2 rings (SSSR count). The van der Waals surface area contributed by atoms with Crippen LogP contribution in [0, 0.1) is 5.92 Å². The lowest BCUT2D eigenvalue weighted by Gasteiger charge is -2.33. The van der Waals surface area contributed by atoms with E-state index in [0.29, 0.717) is 0 Å². The van der Waals surface area contributed by atoms with Gasteiger partial charge >= 0.3 is 6.09 Å². The summed E-state index contributed by atoms with van der Waals surface area (Å²) in [5, 5.41) is 12.5. The number of carbonyl (C=O) groups excluding carboxylic acids is 1. The standard InChI is InChI=1S/C19H28F2N2O3/c20-19(21,13-22)17(24)16(11-14-7-3-1-4-8-14)23-18(25)26-12-15-9-5-2-6-10-15/h2,5-6,9-10,14,16-17,24H,1,3-4,7-8,11-13,22H2,(H,23,25). The molecule has 0 aliphatic heterocycles. The van der Waals surface area contributed by atoms with Gasteiger partial charge in [-0.25, -0.2) is 13.6 Å². The lowest BCUT2D eigenvalue weighted by molar-refractivity contribution is -0.116. The minimum absolute atomic E-state index is 0.0339. The van der Waals surface area contributed by atoms with Gasteiger partial charge in [0.2, 0.25) is 0 Å². The Bertz CT molecular complexity index is 551. The van der Waals surface area contributed by atoms with E-state index < -0.39 is 30.7 Å². The molecule has 0 bridgehead atoms. The van der Waals surface area contributed by atoms with Crippen LogP contribution in [-0.2, 0) is 11.3 Å². The number of aliphatic hydroxyl groups is 1. The number of alkyl carbamates (subject to hydrolysis) is 1. The van der Waals surface area contributed by atoms with Crippen molar-refractivity contribution in [1.29, 1.82) is 0 Å². The molecule has 0 heterocycles. The van der Waals surface area contributed by atoms with Crippen molar-refractivity contribution in [3.8, 4) is 0 Å². The molecule has 2 unspecified atom stereocenters. The molecular weight excluding hydrogens is 342 g/mol. The molecule has 7 heteroatoms. The fourth-order valence-corrected chi connectivity index (χ4v) is 3.38. The van der Waals surface area contributed by atoms with Gasteiger partial charge < -0.3 is 20.9 Å². The number of halogens is 2. The van der Waals surface area contributed by atoms with Gasteiger partial charge in [0, 0.05) is 0 Å². The summed E-state index contributed by atoms with van der Waals surface area (Å²) in [4.78, 5) is 12.1. The maximum Gasteiger partial charge on any atom is 0.407 e. The molecule has 2 atom stereocenters. The Kier molecular flexibility index (Phi) is 7.78. The zero-order valence-electron chi connectivity index (χ0n) is 14.9. The molecule has 1 aliphatic carbocycles. The minimum Gasteiger partial charge on any atom is -0.445 e. The molecule has 0 saturated heterocycles. The van der Waals surface area contributed by atoms with E-state index >= 15 is 0 Å². The predicted molar refractivity (Wildman–Crippen MR) is 94.8 cm³/mol.